The molecule has 8 nitrogen and oxygen atoms in total. The van der Waals surface area contributed by atoms with Crippen molar-refractivity contribution in [2.24, 2.45) is 5.84 Å². The first-order valence-electron chi connectivity index (χ1n) is 5.21. The normalized spacial score (nSPS) is 10.2. The molecule has 0 amide bonds. The van der Waals surface area contributed by atoms with Crippen molar-refractivity contribution in [2.75, 3.05) is 10.7 Å². The van der Waals surface area contributed by atoms with Crippen LogP contribution in [-0.2, 0) is 0 Å². The highest BCUT2D eigenvalue weighted by Gasteiger charge is 2.18. The number of rotatable bonds is 4. The number of nitro groups is 1. The van der Waals surface area contributed by atoms with Crippen molar-refractivity contribution >= 4 is 55.0 Å². The first-order chi connectivity index (χ1) is 9.51. The van der Waals surface area contributed by atoms with E-state index in [0.29, 0.717) is 5.69 Å². The lowest BCUT2D eigenvalue weighted by atomic mass is 10.3. The van der Waals surface area contributed by atoms with Crippen LogP contribution in [0.25, 0.3) is 0 Å². The molecule has 10 heteroatoms. The third-order valence-electron chi connectivity index (χ3n) is 2.28. The van der Waals surface area contributed by atoms with E-state index in [-0.39, 0.29) is 17.5 Å². The molecular weight excluding hydrogens is 396 g/mol. The summed E-state index contributed by atoms with van der Waals surface area (Å²) in [4.78, 5) is 18.0. The fourth-order valence-electron chi connectivity index (χ4n) is 1.39. The van der Waals surface area contributed by atoms with E-state index in [1.54, 1.807) is 18.2 Å². The number of hydrogen-bond acceptors (Lipinski definition) is 7. The van der Waals surface area contributed by atoms with Crippen LogP contribution in [0.1, 0.15) is 0 Å². The highest BCUT2D eigenvalue weighted by atomic mass is 79.9. The van der Waals surface area contributed by atoms with Gasteiger partial charge in [0, 0.05) is 8.95 Å². The Morgan fingerprint density at radius 2 is 2.10 bits per heavy atom. The lowest BCUT2D eigenvalue weighted by Gasteiger charge is -2.09. The summed E-state index contributed by atoms with van der Waals surface area (Å²) in [7, 11) is 0. The second kappa shape index (κ2) is 6.11. The Kier molecular flexibility index (Phi) is 4.47. The zero-order chi connectivity index (χ0) is 14.7. The van der Waals surface area contributed by atoms with E-state index >= 15 is 0 Å². The number of anilines is 3. The summed E-state index contributed by atoms with van der Waals surface area (Å²) in [6, 6.07) is 5.34. The predicted octanol–water partition coefficient (Wildman–Crippen LogP) is 2.94. The molecular formula is C10H8Br2N6O2. The van der Waals surface area contributed by atoms with Gasteiger partial charge in [-0.15, -0.1) is 0 Å². The van der Waals surface area contributed by atoms with E-state index < -0.39 is 4.92 Å². The van der Waals surface area contributed by atoms with Crippen molar-refractivity contribution in [3.05, 3.63) is 43.5 Å². The molecule has 104 valence electrons. The third-order valence-corrected chi connectivity index (χ3v) is 3.43. The van der Waals surface area contributed by atoms with Gasteiger partial charge >= 0.3 is 5.69 Å². The molecule has 4 N–H and O–H groups in total. The molecule has 0 unspecified atom stereocenters. The van der Waals surface area contributed by atoms with Gasteiger partial charge in [0.15, 0.2) is 0 Å². The zero-order valence-corrected chi connectivity index (χ0v) is 13.0. The zero-order valence-electron chi connectivity index (χ0n) is 9.80. The highest BCUT2D eigenvalue weighted by molar-refractivity contribution is 9.11. The topological polar surface area (TPSA) is 119 Å². The van der Waals surface area contributed by atoms with Gasteiger partial charge in [-0.25, -0.2) is 10.8 Å². The standard InChI is InChI=1S/C10H8Br2N6O2/c11-5-1-2-7(6(12)3-5)15-9-8(18(19)20)4-14-10(16-9)17-13/h1-4H,13H2,(H2,14,15,16,17). The number of benzene rings is 1. The molecule has 0 saturated heterocycles. The lowest BCUT2D eigenvalue weighted by Crippen LogP contribution is -2.12. The van der Waals surface area contributed by atoms with E-state index in [2.05, 4.69) is 52.6 Å². The molecule has 0 aliphatic rings. The van der Waals surface area contributed by atoms with E-state index in [1.807, 2.05) is 0 Å². The summed E-state index contributed by atoms with van der Waals surface area (Å²) >= 11 is 6.68. The Labute approximate surface area is 130 Å². The van der Waals surface area contributed by atoms with E-state index in [9.17, 15) is 10.1 Å². The van der Waals surface area contributed by atoms with Crippen molar-refractivity contribution in [3.8, 4) is 0 Å². The highest BCUT2D eigenvalue weighted by Crippen LogP contribution is 2.31. The molecule has 0 aliphatic heterocycles. The molecule has 0 radical (unpaired) electrons. The summed E-state index contributed by atoms with van der Waals surface area (Å²) < 4.78 is 1.60. The summed E-state index contributed by atoms with van der Waals surface area (Å²) in [5.74, 6) is 5.32. The van der Waals surface area contributed by atoms with Gasteiger partial charge in [0.05, 0.1) is 10.6 Å². The molecule has 1 aromatic carbocycles. The number of nitrogens with one attached hydrogen (secondary N) is 2. The molecule has 2 aromatic rings. The van der Waals surface area contributed by atoms with Crippen molar-refractivity contribution in [3.63, 3.8) is 0 Å². The van der Waals surface area contributed by atoms with Gasteiger partial charge in [-0.1, -0.05) is 15.9 Å². The number of nitrogens with two attached hydrogens (primary N) is 1. The van der Waals surface area contributed by atoms with Crippen LogP contribution in [0.2, 0.25) is 0 Å². The maximum atomic E-state index is 11.0. The molecule has 1 aromatic heterocycles. The van der Waals surface area contributed by atoms with Crippen LogP contribution in [0.3, 0.4) is 0 Å². The maximum absolute atomic E-state index is 11.0. The van der Waals surface area contributed by atoms with Crippen LogP contribution in [0.5, 0.6) is 0 Å². The van der Waals surface area contributed by atoms with Crippen LogP contribution < -0.4 is 16.6 Å². The van der Waals surface area contributed by atoms with Crippen LogP contribution in [0.15, 0.2) is 33.3 Å². The van der Waals surface area contributed by atoms with Gasteiger partial charge in [-0.05, 0) is 34.1 Å². The summed E-state index contributed by atoms with van der Waals surface area (Å²) in [5, 5.41) is 13.8. The maximum Gasteiger partial charge on any atom is 0.329 e. The van der Waals surface area contributed by atoms with Gasteiger partial charge in [-0.2, -0.15) is 4.98 Å². The Morgan fingerprint density at radius 1 is 1.35 bits per heavy atom. The van der Waals surface area contributed by atoms with Crippen LogP contribution in [0.4, 0.5) is 23.1 Å². The second-order valence-electron chi connectivity index (χ2n) is 3.58. The van der Waals surface area contributed by atoms with E-state index in [4.69, 9.17) is 5.84 Å². The van der Waals surface area contributed by atoms with Gasteiger partial charge in [0.1, 0.15) is 6.20 Å². The summed E-state index contributed by atoms with van der Waals surface area (Å²) in [6.45, 7) is 0. The van der Waals surface area contributed by atoms with E-state index in [1.165, 1.54) is 0 Å². The average molecular weight is 404 g/mol. The Morgan fingerprint density at radius 3 is 2.70 bits per heavy atom. The summed E-state index contributed by atoms with van der Waals surface area (Å²) in [6.07, 6.45) is 1.08. The third kappa shape index (κ3) is 3.21. The first-order valence-corrected chi connectivity index (χ1v) is 6.80. The summed E-state index contributed by atoms with van der Waals surface area (Å²) in [5.41, 5.74) is 2.61. The Balaban J connectivity index is 2.43. The molecule has 0 spiro atoms. The van der Waals surface area contributed by atoms with Crippen LogP contribution >= 0.6 is 31.9 Å². The van der Waals surface area contributed by atoms with Crippen molar-refractivity contribution in [2.45, 2.75) is 0 Å². The second-order valence-corrected chi connectivity index (χ2v) is 5.35. The molecule has 0 saturated carbocycles. The van der Waals surface area contributed by atoms with Gasteiger partial charge in [0.25, 0.3) is 0 Å². The number of nitrogen functional groups attached to an aromatic ring is 1. The predicted molar refractivity (Wildman–Crippen MR) is 81.6 cm³/mol. The fourth-order valence-corrected chi connectivity index (χ4v) is 2.54. The first kappa shape index (κ1) is 14.6. The Hall–Kier alpha value is -1.78. The quantitative estimate of drug-likeness (QED) is 0.407. The van der Waals surface area contributed by atoms with Crippen molar-refractivity contribution < 1.29 is 4.92 Å². The molecule has 0 aliphatic carbocycles. The molecule has 1 heterocycles. The van der Waals surface area contributed by atoms with E-state index in [0.717, 1.165) is 15.1 Å². The molecule has 0 bridgehead atoms. The molecule has 2 rings (SSSR count). The minimum absolute atomic E-state index is 0.0426. The molecule has 0 atom stereocenters. The number of nitrogens with zero attached hydrogens (tertiary/aromatic N) is 3. The monoisotopic (exact) mass is 402 g/mol. The average Bonchev–Trinajstić information content (AvgIpc) is 2.41. The minimum Gasteiger partial charge on any atom is -0.333 e. The van der Waals surface area contributed by atoms with Crippen LogP contribution in [-0.4, -0.2) is 14.9 Å². The smallest absolute Gasteiger partial charge is 0.329 e. The SMILES string of the molecule is NNc1ncc([N+](=O)[O-])c(Nc2ccc(Br)cc2Br)n1. The largest absolute Gasteiger partial charge is 0.333 e. The number of hydrazine groups is 1. The van der Waals surface area contributed by atoms with Gasteiger partial charge in [0.2, 0.25) is 11.8 Å². The number of hydrogen-bond donors (Lipinski definition) is 3. The van der Waals surface area contributed by atoms with Crippen LogP contribution in [0, 0.1) is 10.1 Å². The Bertz CT molecular complexity index is 666. The number of aromatic nitrogens is 2. The van der Waals surface area contributed by atoms with Crippen molar-refractivity contribution in [1.29, 1.82) is 0 Å². The fraction of sp³-hybridized carbons (Fsp3) is 0. The van der Waals surface area contributed by atoms with Gasteiger partial charge < -0.3 is 5.32 Å². The van der Waals surface area contributed by atoms with Crippen molar-refractivity contribution in [1.82, 2.24) is 9.97 Å². The number of halogens is 2. The molecule has 20 heavy (non-hydrogen) atoms. The minimum atomic E-state index is -0.574. The van der Waals surface area contributed by atoms with Gasteiger partial charge in [-0.3, -0.25) is 15.5 Å². The lowest BCUT2D eigenvalue weighted by molar-refractivity contribution is -0.384. The molecule has 0 fully saturated rings.